The van der Waals surface area contributed by atoms with E-state index in [1.54, 1.807) is 25.4 Å². The van der Waals surface area contributed by atoms with Gasteiger partial charge in [0.25, 0.3) is 5.91 Å². The maximum atomic E-state index is 12.5. The van der Waals surface area contributed by atoms with E-state index in [9.17, 15) is 9.59 Å². The number of carbonyl (C=O) groups is 2. The van der Waals surface area contributed by atoms with E-state index >= 15 is 0 Å². The summed E-state index contributed by atoms with van der Waals surface area (Å²) in [6, 6.07) is 3.49. The molecule has 0 saturated carbocycles. The Balaban J connectivity index is 2.32. The van der Waals surface area contributed by atoms with Gasteiger partial charge in [0, 0.05) is 26.3 Å². The van der Waals surface area contributed by atoms with Gasteiger partial charge in [-0.05, 0) is 31.4 Å². The molecule has 2 rings (SSSR count). The van der Waals surface area contributed by atoms with Gasteiger partial charge in [-0.2, -0.15) is 0 Å². The van der Waals surface area contributed by atoms with Crippen LogP contribution in [0.25, 0.3) is 0 Å². The zero-order valence-electron chi connectivity index (χ0n) is 14.3. The molecule has 1 saturated heterocycles. The van der Waals surface area contributed by atoms with Crippen LogP contribution in [0.2, 0.25) is 0 Å². The molecule has 0 bridgehead atoms. The van der Waals surface area contributed by atoms with Gasteiger partial charge in [-0.25, -0.2) is 4.98 Å². The van der Waals surface area contributed by atoms with E-state index in [-0.39, 0.29) is 17.8 Å². The fraction of sp³-hybridized carbons (Fsp3) is 0.588. The minimum atomic E-state index is -0.548. The first-order chi connectivity index (χ1) is 11.0. The van der Waals surface area contributed by atoms with E-state index in [1.165, 1.54) is 0 Å². The monoisotopic (exact) mass is 319 g/mol. The Bertz CT molecular complexity index is 588. The van der Waals surface area contributed by atoms with E-state index in [0.29, 0.717) is 37.5 Å². The summed E-state index contributed by atoms with van der Waals surface area (Å²) in [4.78, 5) is 31.0. The van der Waals surface area contributed by atoms with Crippen molar-refractivity contribution in [3.05, 3.63) is 23.9 Å². The predicted molar refractivity (Wildman–Crippen MR) is 88.4 cm³/mol. The molecule has 1 aliphatic rings. The zero-order chi connectivity index (χ0) is 17.0. The molecule has 0 aromatic carbocycles. The van der Waals surface area contributed by atoms with Crippen molar-refractivity contribution in [3.8, 4) is 0 Å². The van der Waals surface area contributed by atoms with Gasteiger partial charge in [-0.3, -0.25) is 9.59 Å². The van der Waals surface area contributed by atoms with Crippen LogP contribution in [-0.2, 0) is 9.53 Å². The molecular formula is C17H25N3O3. The van der Waals surface area contributed by atoms with Crippen LogP contribution in [0.3, 0.4) is 0 Å². The molecule has 0 radical (unpaired) electrons. The number of aromatic nitrogens is 1. The number of nitrogens with one attached hydrogen (secondary N) is 1. The first-order valence-corrected chi connectivity index (χ1v) is 8.05. The summed E-state index contributed by atoms with van der Waals surface area (Å²) < 4.78 is 5.31. The van der Waals surface area contributed by atoms with E-state index < -0.39 is 5.41 Å². The molecule has 23 heavy (non-hydrogen) atoms. The Labute approximate surface area is 137 Å². The highest BCUT2D eigenvalue weighted by Gasteiger charge is 2.49. The van der Waals surface area contributed by atoms with Crippen molar-refractivity contribution in [3.63, 3.8) is 0 Å². The molecule has 1 amide bonds. The van der Waals surface area contributed by atoms with Crippen molar-refractivity contribution in [1.29, 1.82) is 0 Å². The van der Waals surface area contributed by atoms with E-state index in [1.807, 2.05) is 25.7 Å². The molecular weight excluding hydrogens is 294 g/mol. The minimum Gasteiger partial charge on any atom is -0.466 e. The molecule has 6 heteroatoms. The van der Waals surface area contributed by atoms with Gasteiger partial charge in [0.05, 0.1) is 17.6 Å². The van der Waals surface area contributed by atoms with Crippen LogP contribution in [0.5, 0.6) is 0 Å². The van der Waals surface area contributed by atoms with Gasteiger partial charge in [0.15, 0.2) is 0 Å². The number of pyridine rings is 1. The van der Waals surface area contributed by atoms with Gasteiger partial charge >= 0.3 is 5.97 Å². The number of nitrogens with zero attached hydrogens (tertiary/aromatic N) is 2. The molecule has 126 valence electrons. The van der Waals surface area contributed by atoms with Crippen molar-refractivity contribution in [1.82, 2.24) is 10.3 Å². The van der Waals surface area contributed by atoms with Crippen molar-refractivity contribution >= 4 is 17.7 Å². The van der Waals surface area contributed by atoms with Crippen molar-refractivity contribution in [2.24, 2.45) is 11.3 Å². The highest BCUT2D eigenvalue weighted by molar-refractivity contribution is 5.98. The summed E-state index contributed by atoms with van der Waals surface area (Å²) in [6.07, 6.45) is 2.37. The van der Waals surface area contributed by atoms with Crippen LogP contribution in [0.1, 0.15) is 37.6 Å². The molecule has 1 atom stereocenters. The second-order valence-electron chi connectivity index (χ2n) is 6.16. The van der Waals surface area contributed by atoms with Crippen LogP contribution in [0.4, 0.5) is 5.82 Å². The highest BCUT2D eigenvalue weighted by atomic mass is 16.5. The predicted octanol–water partition coefficient (Wildman–Crippen LogP) is 1.86. The minimum absolute atomic E-state index is 0.152. The number of rotatable bonds is 5. The molecule has 1 aromatic heterocycles. The molecule has 0 aliphatic carbocycles. The summed E-state index contributed by atoms with van der Waals surface area (Å²) in [7, 11) is 1.60. The number of carbonyl (C=O) groups excluding carboxylic acids is 2. The molecule has 2 heterocycles. The number of anilines is 1. The average Bonchev–Trinajstić information content (AvgIpc) is 3.01. The van der Waals surface area contributed by atoms with Crippen LogP contribution in [0, 0.1) is 11.3 Å². The number of esters is 1. The smallest absolute Gasteiger partial charge is 0.314 e. The lowest BCUT2D eigenvalue weighted by Gasteiger charge is -2.31. The fourth-order valence-electron chi connectivity index (χ4n) is 3.12. The lowest BCUT2D eigenvalue weighted by Crippen LogP contribution is -2.41. The van der Waals surface area contributed by atoms with E-state index in [0.717, 1.165) is 0 Å². The van der Waals surface area contributed by atoms with Gasteiger partial charge in [-0.1, -0.05) is 13.8 Å². The van der Waals surface area contributed by atoms with Gasteiger partial charge in [-0.15, -0.1) is 0 Å². The normalized spacial score (nSPS) is 20.7. The van der Waals surface area contributed by atoms with Gasteiger partial charge in [0.1, 0.15) is 5.82 Å². The lowest BCUT2D eigenvalue weighted by molar-refractivity contribution is -0.156. The van der Waals surface area contributed by atoms with Crippen LogP contribution < -0.4 is 10.2 Å². The summed E-state index contributed by atoms with van der Waals surface area (Å²) in [5, 5.41) is 2.63. The Morgan fingerprint density at radius 2 is 2.22 bits per heavy atom. The largest absolute Gasteiger partial charge is 0.466 e. The summed E-state index contributed by atoms with van der Waals surface area (Å²) >= 11 is 0. The molecule has 0 spiro atoms. The second-order valence-corrected chi connectivity index (χ2v) is 6.16. The maximum absolute atomic E-state index is 12.5. The number of hydrogen-bond donors (Lipinski definition) is 1. The molecule has 1 aromatic rings. The average molecular weight is 319 g/mol. The summed E-state index contributed by atoms with van der Waals surface area (Å²) in [5.41, 5.74) is -0.0218. The SMILES string of the molecule is CCOC(=O)C1(C(C)C)CCN(c2ncccc2C(=O)NC)C1. The van der Waals surface area contributed by atoms with Gasteiger partial charge < -0.3 is 15.0 Å². The second kappa shape index (κ2) is 6.98. The molecule has 1 aliphatic heterocycles. The Morgan fingerprint density at radius 3 is 2.83 bits per heavy atom. The molecule has 1 N–H and O–H groups in total. The maximum Gasteiger partial charge on any atom is 0.314 e. The molecule has 1 unspecified atom stereocenters. The Morgan fingerprint density at radius 1 is 1.48 bits per heavy atom. The van der Waals surface area contributed by atoms with Crippen molar-refractivity contribution in [2.45, 2.75) is 27.2 Å². The number of amides is 1. The summed E-state index contributed by atoms with van der Waals surface area (Å²) in [6.45, 7) is 7.47. The standard InChI is InChI=1S/C17H25N3O3/c1-5-23-16(22)17(12(2)3)8-10-20(11-17)14-13(15(21)18-4)7-6-9-19-14/h6-7,9,12H,5,8,10-11H2,1-4H3,(H,18,21). The Hall–Kier alpha value is -2.11. The summed E-state index contributed by atoms with van der Waals surface area (Å²) in [5.74, 6) is 0.443. The number of ether oxygens (including phenoxy) is 1. The van der Waals surface area contributed by atoms with E-state index in [4.69, 9.17) is 4.74 Å². The van der Waals surface area contributed by atoms with Gasteiger partial charge in [0.2, 0.25) is 0 Å². The zero-order valence-corrected chi connectivity index (χ0v) is 14.3. The number of hydrogen-bond acceptors (Lipinski definition) is 5. The third-order valence-electron chi connectivity index (χ3n) is 4.65. The fourth-order valence-corrected chi connectivity index (χ4v) is 3.12. The van der Waals surface area contributed by atoms with E-state index in [2.05, 4.69) is 10.3 Å². The third-order valence-corrected chi connectivity index (χ3v) is 4.65. The third kappa shape index (κ3) is 3.16. The van der Waals surface area contributed by atoms with Crippen LogP contribution >= 0.6 is 0 Å². The first kappa shape index (κ1) is 17.2. The van der Waals surface area contributed by atoms with Crippen molar-refractivity contribution < 1.29 is 14.3 Å². The lowest BCUT2D eigenvalue weighted by atomic mass is 9.76. The van der Waals surface area contributed by atoms with Crippen molar-refractivity contribution in [2.75, 3.05) is 31.6 Å². The molecule has 6 nitrogen and oxygen atoms in total. The highest BCUT2D eigenvalue weighted by Crippen LogP contribution is 2.41. The molecule has 1 fully saturated rings. The quantitative estimate of drug-likeness (QED) is 0.839. The Kier molecular flexibility index (Phi) is 5.23. The first-order valence-electron chi connectivity index (χ1n) is 8.05. The topological polar surface area (TPSA) is 71.5 Å². The van der Waals surface area contributed by atoms with Crippen LogP contribution in [0.15, 0.2) is 18.3 Å². The van der Waals surface area contributed by atoms with Crippen LogP contribution in [-0.4, -0.2) is 43.6 Å².